The van der Waals surface area contributed by atoms with Gasteiger partial charge in [-0.25, -0.2) is 4.98 Å². The van der Waals surface area contributed by atoms with Crippen LogP contribution in [0.3, 0.4) is 0 Å². The molecule has 0 radical (unpaired) electrons. The molecule has 0 fully saturated rings. The van der Waals surface area contributed by atoms with Crippen LogP contribution in [-0.2, 0) is 6.42 Å². The van der Waals surface area contributed by atoms with Gasteiger partial charge in [-0.2, -0.15) is 0 Å². The lowest BCUT2D eigenvalue weighted by molar-refractivity contribution is 0.680. The Hall–Kier alpha value is -1.46. The molecule has 0 amide bonds. The van der Waals surface area contributed by atoms with Crippen molar-refractivity contribution in [3.63, 3.8) is 0 Å². The molecule has 19 heavy (non-hydrogen) atoms. The summed E-state index contributed by atoms with van der Waals surface area (Å²) < 4.78 is 0. The first-order valence-electron chi connectivity index (χ1n) is 6.09. The molecule has 2 rings (SSSR count). The van der Waals surface area contributed by atoms with E-state index < -0.39 is 0 Å². The topological polar surface area (TPSA) is 42.2 Å². The van der Waals surface area contributed by atoms with E-state index >= 15 is 0 Å². The molecule has 0 aromatic carbocycles. The fraction of sp³-hybridized carbons (Fsp3) is 0.286. The summed E-state index contributed by atoms with van der Waals surface area (Å²) in [4.78, 5) is 8.30. The highest BCUT2D eigenvalue weighted by molar-refractivity contribution is 7.80. The van der Waals surface area contributed by atoms with Crippen LogP contribution in [0.4, 0.5) is 5.82 Å². The molecule has 0 aliphatic carbocycles. The van der Waals surface area contributed by atoms with Gasteiger partial charge in [-0.1, -0.05) is 18.3 Å². The van der Waals surface area contributed by atoms with Crippen molar-refractivity contribution in [2.24, 2.45) is 5.73 Å². The van der Waals surface area contributed by atoms with Gasteiger partial charge in [0.2, 0.25) is 0 Å². The van der Waals surface area contributed by atoms with Gasteiger partial charge in [-0.15, -0.1) is 11.3 Å². The number of anilines is 1. The van der Waals surface area contributed by atoms with E-state index in [-0.39, 0.29) is 0 Å². The maximum absolute atomic E-state index is 5.76. The molecule has 0 bridgehead atoms. The number of nitrogens with zero attached hydrogens (tertiary/aromatic N) is 2. The number of aromatic nitrogens is 1. The van der Waals surface area contributed by atoms with Crippen LogP contribution in [0, 0.1) is 0 Å². The van der Waals surface area contributed by atoms with E-state index in [1.807, 2.05) is 19.2 Å². The van der Waals surface area contributed by atoms with Crippen molar-refractivity contribution in [1.29, 1.82) is 0 Å². The van der Waals surface area contributed by atoms with E-state index in [0.29, 0.717) is 11.0 Å². The summed E-state index contributed by atoms with van der Waals surface area (Å²) in [6.45, 7) is 2.18. The molecule has 0 aliphatic rings. The summed E-state index contributed by atoms with van der Waals surface area (Å²) in [5.74, 6) is 0.846. The molecule has 2 aromatic heterocycles. The van der Waals surface area contributed by atoms with E-state index in [1.54, 1.807) is 17.5 Å². The van der Waals surface area contributed by atoms with Crippen LogP contribution in [0.2, 0.25) is 0 Å². The third kappa shape index (κ3) is 3.30. The number of hydrogen-bond acceptors (Lipinski definition) is 4. The maximum Gasteiger partial charge on any atom is 0.138 e. The molecule has 3 nitrogen and oxygen atoms in total. The number of hydrogen-bond donors (Lipinski definition) is 1. The lowest BCUT2D eigenvalue weighted by atomic mass is 10.1. The van der Waals surface area contributed by atoms with Crippen LogP contribution in [0.15, 0.2) is 35.8 Å². The van der Waals surface area contributed by atoms with Gasteiger partial charge in [-0.05, 0) is 30.5 Å². The molecule has 2 N–H and O–H groups in total. The minimum absolute atomic E-state index is 0.335. The Labute approximate surface area is 123 Å². The van der Waals surface area contributed by atoms with Crippen LogP contribution in [0.5, 0.6) is 0 Å². The highest BCUT2D eigenvalue weighted by Crippen LogP contribution is 2.21. The van der Waals surface area contributed by atoms with Crippen molar-refractivity contribution in [2.75, 3.05) is 11.9 Å². The largest absolute Gasteiger partial charge is 0.389 e. The van der Waals surface area contributed by atoms with Crippen molar-refractivity contribution in [2.45, 2.75) is 19.4 Å². The number of thiocarbonyl (C=S) groups is 1. The highest BCUT2D eigenvalue weighted by atomic mass is 32.1. The van der Waals surface area contributed by atoms with Gasteiger partial charge in [0.15, 0.2) is 0 Å². The van der Waals surface area contributed by atoms with Crippen molar-refractivity contribution in [3.05, 3.63) is 46.3 Å². The van der Waals surface area contributed by atoms with Gasteiger partial charge in [-0.3, -0.25) is 0 Å². The van der Waals surface area contributed by atoms with E-state index in [0.717, 1.165) is 17.8 Å². The second kappa shape index (κ2) is 6.12. The zero-order valence-electron chi connectivity index (χ0n) is 11.0. The van der Waals surface area contributed by atoms with Gasteiger partial charge in [0, 0.05) is 30.6 Å². The number of nitrogens with two attached hydrogens (primary N) is 1. The fourth-order valence-electron chi connectivity index (χ4n) is 1.94. The molecule has 0 spiro atoms. The van der Waals surface area contributed by atoms with Crippen molar-refractivity contribution in [1.82, 2.24) is 4.98 Å². The third-order valence-electron chi connectivity index (χ3n) is 3.12. The van der Waals surface area contributed by atoms with Gasteiger partial charge in [0.1, 0.15) is 10.8 Å². The predicted octanol–water partition coefficient (Wildman–Crippen LogP) is 2.84. The van der Waals surface area contributed by atoms with E-state index in [9.17, 15) is 0 Å². The number of rotatable bonds is 5. The quantitative estimate of drug-likeness (QED) is 0.860. The monoisotopic (exact) mass is 291 g/mol. The lowest BCUT2D eigenvalue weighted by Crippen LogP contribution is -2.33. The lowest BCUT2D eigenvalue weighted by Gasteiger charge is -2.27. The fourth-order valence-corrected chi connectivity index (χ4v) is 2.92. The molecule has 0 aliphatic heterocycles. The van der Waals surface area contributed by atoms with E-state index in [4.69, 9.17) is 18.0 Å². The number of pyridine rings is 1. The second-order valence-electron chi connectivity index (χ2n) is 4.48. The molecule has 1 atom stereocenters. The summed E-state index contributed by atoms with van der Waals surface area (Å²) in [5, 5.41) is 2.10. The molecule has 5 heteroatoms. The average Bonchev–Trinajstić information content (AvgIpc) is 2.90. The molecule has 0 saturated carbocycles. The highest BCUT2D eigenvalue weighted by Gasteiger charge is 2.16. The zero-order chi connectivity index (χ0) is 13.8. The third-order valence-corrected chi connectivity index (χ3v) is 4.24. The minimum Gasteiger partial charge on any atom is -0.389 e. The normalized spacial score (nSPS) is 12.1. The molecular weight excluding hydrogens is 274 g/mol. The molecule has 1 unspecified atom stereocenters. The van der Waals surface area contributed by atoms with Crippen LogP contribution in [0.1, 0.15) is 17.4 Å². The zero-order valence-corrected chi connectivity index (χ0v) is 12.7. The van der Waals surface area contributed by atoms with Crippen LogP contribution >= 0.6 is 23.6 Å². The number of thiophene rings is 1. The number of likely N-dealkylation sites (N-methyl/N-ethyl adjacent to an activating group) is 1. The Kier molecular flexibility index (Phi) is 4.50. The van der Waals surface area contributed by atoms with Crippen molar-refractivity contribution < 1.29 is 0 Å². The van der Waals surface area contributed by atoms with Gasteiger partial charge in [0.25, 0.3) is 0 Å². The average molecular weight is 291 g/mol. The van der Waals surface area contributed by atoms with Gasteiger partial charge < -0.3 is 10.6 Å². The molecular formula is C14H17N3S2. The molecule has 2 heterocycles. The molecule has 100 valence electrons. The van der Waals surface area contributed by atoms with Gasteiger partial charge in [0.05, 0.1) is 5.56 Å². The van der Waals surface area contributed by atoms with Crippen molar-refractivity contribution >= 4 is 34.4 Å². The minimum atomic E-state index is 0.335. The summed E-state index contributed by atoms with van der Waals surface area (Å²) >= 11 is 6.86. The Bertz CT molecular complexity index is 552. The summed E-state index contributed by atoms with van der Waals surface area (Å²) in [5.41, 5.74) is 6.59. The first kappa shape index (κ1) is 14.0. The van der Waals surface area contributed by atoms with Gasteiger partial charge >= 0.3 is 0 Å². The standard InChI is InChI=1S/C14H17N3S2/c1-10(9-11-5-4-8-19-11)17(2)14-12(13(15)18)6-3-7-16-14/h3-8,10H,9H2,1-2H3,(H2,15,18). The summed E-state index contributed by atoms with van der Waals surface area (Å²) in [6, 6.07) is 8.34. The summed E-state index contributed by atoms with van der Waals surface area (Å²) in [6.07, 6.45) is 2.76. The second-order valence-corrected chi connectivity index (χ2v) is 5.95. The van der Waals surface area contributed by atoms with E-state index in [2.05, 4.69) is 34.3 Å². The SMILES string of the molecule is CC(Cc1cccs1)N(C)c1ncccc1C(N)=S. The Morgan fingerprint density at radius 1 is 1.47 bits per heavy atom. The molecule has 0 saturated heterocycles. The maximum atomic E-state index is 5.76. The smallest absolute Gasteiger partial charge is 0.138 e. The predicted molar refractivity (Wildman–Crippen MR) is 86.0 cm³/mol. The van der Waals surface area contributed by atoms with Crippen LogP contribution in [-0.4, -0.2) is 23.1 Å². The molecule has 2 aromatic rings. The van der Waals surface area contributed by atoms with Crippen LogP contribution in [0.25, 0.3) is 0 Å². The Morgan fingerprint density at radius 3 is 2.89 bits per heavy atom. The first-order chi connectivity index (χ1) is 9.09. The Balaban J connectivity index is 2.19. The first-order valence-corrected chi connectivity index (χ1v) is 7.38. The Morgan fingerprint density at radius 2 is 2.26 bits per heavy atom. The summed E-state index contributed by atoms with van der Waals surface area (Å²) in [7, 11) is 2.03. The van der Waals surface area contributed by atoms with Crippen molar-refractivity contribution in [3.8, 4) is 0 Å². The van der Waals surface area contributed by atoms with Crippen LogP contribution < -0.4 is 10.6 Å². The van der Waals surface area contributed by atoms with E-state index in [1.165, 1.54) is 4.88 Å².